The molecule has 6 nitrogen and oxygen atoms in total. The summed E-state index contributed by atoms with van der Waals surface area (Å²) in [6.07, 6.45) is 2.61. The quantitative estimate of drug-likeness (QED) is 0.774. The lowest BCUT2D eigenvalue weighted by Gasteiger charge is -2.22. The standard InChI is InChI=1S/C18H22N4O2.ClH/c1-3-10-22(12-13-4-6-14(24-2)7-5-13)18(23)17-15-11-19-9-8-16(15)20-21-17;/h3-7,19H,1,8-12H2,2H3,(H,20,21);1H. The molecule has 1 aromatic heterocycles. The van der Waals surface area contributed by atoms with Crippen molar-refractivity contribution in [3.05, 3.63) is 59.4 Å². The highest BCUT2D eigenvalue weighted by Gasteiger charge is 2.25. The Morgan fingerprint density at radius 1 is 1.40 bits per heavy atom. The van der Waals surface area contributed by atoms with Gasteiger partial charge in [0.05, 0.1) is 7.11 Å². The average molecular weight is 363 g/mol. The van der Waals surface area contributed by atoms with Crippen molar-refractivity contribution in [1.29, 1.82) is 0 Å². The number of rotatable bonds is 6. The van der Waals surface area contributed by atoms with Crippen LogP contribution < -0.4 is 10.1 Å². The lowest BCUT2D eigenvalue weighted by Crippen LogP contribution is -2.33. The zero-order valence-electron chi connectivity index (χ0n) is 14.2. The molecule has 7 heteroatoms. The van der Waals surface area contributed by atoms with Crippen molar-refractivity contribution in [2.24, 2.45) is 0 Å². The monoisotopic (exact) mass is 362 g/mol. The first-order valence-corrected chi connectivity index (χ1v) is 8.03. The van der Waals surface area contributed by atoms with E-state index in [9.17, 15) is 4.79 Å². The highest BCUT2D eigenvalue weighted by molar-refractivity contribution is 5.94. The molecule has 0 saturated carbocycles. The molecule has 0 fully saturated rings. The second kappa shape index (κ2) is 8.69. The van der Waals surface area contributed by atoms with E-state index in [2.05, 4.69) is 22.1 Å². The highest BCUT2D eigenvalue weighted by Crippen LogP contribution is 2.19. The van der Waals surface area contributed by atoms with Crippen molar-refractivity contribution in [2.75, 3.05) is 20.2 Å². The molecule has 3 rings (SSSR count). The molecular weight excluding hydrogens is 340 g/mol. The molecule has 2 N–H and O–H groups in total. The number of H-pyrrole nitrogens is 1. The summed E-state index contributed by atoms with van der Waals surface area (Å²) in [6, 6.07) is 7.71. The third-order valence-corrected chi connectivity index (χ3v) is 4.18. The predicted octanol–water partition coefficient (Wildman–Crippen LogP) is 2.31. The van der Waals surface area contributed by atoms with E-state index in [0.717, 1.165) is 35.5 Å². The number of hydrogen-bond donors (Lipinski definition) is 2. The maximum absolute atomic E-state index is 12.9. The summed E-state index contributed by atoms with van der Waals surface area (Å²) < 4.78 is 5.17. The van der Waals surface area contributed by atoms with Crippen molar-refractivity contribution < 1.29 is 9.53 Å². The largest absolute Gasteiger partial charge is 0.497 e. The smallest absolute Gasteiger partial charge is 0.275 e. The molecule has 2 heterocycles. The van der Waals surface area contributed by atoms with Gasteiger partial charge >= 0.3 is 0 Å². The fourth-order valence-corrected chi connectivity index (χ4v) is 2.88. The van der Waals surface area contributed by atoms with E-state index in [1.54, 1.807) is 18.1 Å². The number of benzene rings is 1. The van der Waals surface area contributed by atoms with Gasteiger partial charge < -0.3 is 15.0 Å². The predicted molar refractivity (Wildman–Crippen MR) is 99.2 cm³/mol. The van der Waals surface area contributed by atoms with E-state index in [0.29, 0.717) is 25.3 Å². The molecule has 0 bridgehead atoms. The Hall–Kier alpha value is -2.31. The fourth-order valence-electron chi connectivity index (χ4n) is 2.88. The molecule has 1 aliphatic rings. The van der Waals surface area contributed by atoms with Crippen LogP contribution in [0.4, 0.5) is 0 Å². The molecule has 0 spiro atoms. The highest BCUT2D eigenvalue weighted by atomic mass is 35.5. The third kappa shape index (κ3) is 4.21. The summed E-state index contributed by atoms with van der Waals surface area (Å²) >= 11 is 0. The van der Waals surface area contributed by atoms with E-state index < -0.39 is 0 Å². The van der Waals surface area contributed by atoms with Crippen LogP contribution in [0.25, 0.3) is 0 Å². The number of nitrogens with zero attached hydrogens (tertiary/aromatic N) is 2. The van der Waals surface area contributed by atoms with Gasteiger partial charge in [0, 0.05) is 43.9 Å². The second-order valence-corrected chi connectivity index (χ2v) is 5.78. The van der Waals surface area contributed by atoms with Gasteiger partial charge in [0.15, 0.2) is 5.69 Å². The first-order valence-electron chi connectivity index (χ1n) is 8.03. The van der Waals surface area contributed by atoms with Gasteiger partial charge in [-0.15, -0.1) is 19.0 Å². The van der Waals surface area contributed by atoms with E-state index >= 15 is 0 Å². The minimum absolute atomic E-state index is 0. The Balaban J connectivity index is 0.00000225. The van der Waals surface area contributed by atoms with Crippen LogP contribution in [0, 0.1) is 0 Å². The number of aromatic amines is 1. The van der Waals surface area contributed by atoms with Gasteiger partial charge in [0.25, 0.3) is 5.91 Å². The summed E-state index contributed by atoms with van der Waals surface area (Å²) in [5.41, 5.74) is 3.58. The topological polar surface area (TPSA) is 70.2 Å². The number of hydrogen-bond acceptors (Lipinski definition) is 4. The van der Waals surface area contributed by atoms with Crippen molar-refractivity contribution in [1.82, 2.24) is 20.4 Å². The first-order chi connectivity index (χ1) is 11.7. The number of methoxy groups -OCH3 is 1. The van der Waals surface area contributed by atoms with Crippen LogP contribution in [-0.2, 0) is 19.5 Å². The Morgan fingerprint density at radius 2 is 2.16 bits per heavy atom. The van der Waals surface area contributed by atoms with Crippen LogP contribution in [0.2, 0.25) is 0 Å². The molecule has 2 aromatic rings. The zero-order chi connectivity index (χ0) is 16.9. The van der Waals surface area contributed by atoms with Crippen LogP contribution in [0.15, 0.2) is 36.9 Å². The van der Waals surface area contributed by atoms with Gasteiger partial charge in [-0.1, -0.05) is 18.2 Å². The molecule has 0 aliphatic carbocycles. The van der Waals surface area contributed by atoms with Crippen LogP contribution in [-0.4, -0.2) is 41.2 Å². The number of halogens is 1. The van der Waals surface area contributed by atoms with Gasteiger partial charge in [0.1, 0.15) is 5.75 Å². The van der Waals surface area contributed by atoms with E-state index in [1.165, 1.54) is 0 Å². The van der Waals surface area contributed by atoms with Gasteiger partial charge in [0.2, 0.25) is 0 Å². The Morgan fingerprint density at radius 3 is 2.84 bits per heavy atom. The van der Waals surface area contributed by atoms with Crippen molar-refractivity contribution in [2.45, 2.75) is 19.5 Å². The summed E-state index contributed by atoms with van der Waals surface area (Å²) in [6.45, 7) is 6.33. The molecule has 25 heavy (non-hydrogen) atoms. The molecule has 1 aromatic carbocycles. The summed E-state index contributed by atoms with van der Waals surface area (Å²) in [5.74, 6) is 0.722. The normalized spacial score (nSPS) is 12.7. The minimum Gasteiger partial charge on any atom is -0.497 e. The summed E-state index contributed by atoms with van der Waals surface area (Å²) in [5, 5.41) is 10.6. The van der Waals surface area contributed by atoms with E-state index in [-0.39, 0.29) is 18.3 Å². The molecular formula is C18H23ClN4O2. The Labute approximate surface area is 153 Å². The lowest BCUT2D eigenvalue weighted by atomic mass is 10.1. The number of carbonyl (C=O) groups excluding carboxylic acids is 1. The SMILES string of the molecule is C=CCN(Cc1ccc(OC)cc1)C(=O)c1n[nH]c2c1CNCC2.Cl. The van der Waals surface area contributed by atoms with Crippen LogP contribution >= 0.6 is 12.4 Å². The Bertz CT molecular complexity index is 727. The third-order valence-electron chi connectivity index (χ3n) is 4.18. The van der Waals surface area contributed by atoms with Gasteiger partial charge in [-0.2, -0.15) is 5.10 Å². The molecule has 0 atom stereocenters. The molecule has 134 valence electrons. The van der Waals surface area contributed by atoms with E-state index in [1.807, 2.05) is 24.3 Å². The van der Waals surface area contributed by atoms with Gasteiger partial charge in [-0.25, -0.2) is 0 Å². The molecule has 0 radical (unpaired) electrons. The molecule has 0 unspecified atom stereocenters. The van der Waals surface area contributed by atoms with Crippen LogP contribution in [0.1, 0.15) is 27.3 Å². The number of fused-ring (bicyclic) bond motifs is 1. The van der Waals surface area contributed by atoms with Gasteiger partial charge in [-0.05, 0) is 17.7 Å². The van der Waals surface area contributed by atoms with Crippen LogP contribution in [0.5, 0.6) is 5.75 Å². The number of aromatic nitrogens is 2. The maximum atomic E-state index is 12.9. The summed E-state index contributed by atoms with van der Waals surface area (Å²) in [7, 11) is 1.64. The first kappa shape index (κ1) is 19.0. The lowest BCUT2D eigenvalue weighted by molar-refractivity contribution is 0.0755. The minimum atomic E-state index is -0.0769. The summed E-state index contributed by atoms with van der Waals surface area (Å²) in [4.78, 5) is 14.7. The van der Waals surface area contributed by atoms with E-state index in [4.69, 9.17) is 4.74 Å². The van der Waals surface area contributed by atoms with Crippen molar-refractivity contribution in [3.63, 3.8) is 0 Å². The molecule has 1 amide bonds. The number of carbonyl (C=O) groups is 1. The fraction of sp³-hybridized carbons (Fsp3) is 0.333. The number of ether oxygens (including phenoxy) is 1. The molecule has 1 aliphatic heterocycles. The maximum Gasteiger partial charge on any atom is 0.275 e. The second-order valence-electron chi connectivity index (χ2n) is 5.78. The Kier molecular flexibility index (Phi) is 6.61. The van der Waals surface area contributed by atoms with Crippen molar-refractivity contribution >= 4 is 18.3 Å². The average Bonchev–Trinajstić information content (AvgIpc) is 3.05. The van der Waals surface area contributed by atoms with Crippen molar-refractivity contribution in [3.8, 4) is 5.75 Å². The van der Waals surface area contributed by atoms with Crippen LogP contribution in [0.3, 0.4) is 0 Å². The van der Waals surface area contributed by atoms with Gasteiger partial charge in [-0.3, -0.25) is 9.89 Å². The zero-order valence-corrected chi connectivity index (χ0v) is 15.1. The molecule has 0 saturated heterocycles. The number of nitrogens with one attached hydrogen (secondary N) is 2. The number of amides is 1.